The molecule has 82 valence electrons. The number of primary amides is 1. The van der Waals surface area contributed by atoms with Crippen molar-refractivity contribution in [2.45, 2.75) is 26.7 Å². The first-order valence-electron chi connectivity index (χ1n) is 4.71. The van der Waals surface area contributed by atoms with Gasteiger partial charge < -0.3 is 16.2 Å². The molecule has 1 atom stereocenters. The fraction of sp³-hybridized carbons (Fsp3) is 0.778. The maximum Gasteiger partial charge on any atom is 0.312 e. The molecule has 0 spiro atoms. The summed E-state index contributed by atoms with van der Waals surface area (Å²) in [5.74, 6) is -1.01. The van der Waals surface area contributed by atoms with Gasteiger partial charge in [-0.2, -0.15) is 0 Å². The first kappa shape index (κ1) is 12.7. The van der Waals surface area contributed by atoms with Gasteiger partial charge in [-0.15, -0.1) is 0 Å². The van der Waals surface area contributed by atoms with Crippen molar-refractivity contribution in [2.24, 2.45) is 17.6 Å². The van der Waals surface area contributed by atoms with Gasteiger partial charge in [0.05, 0.1) is 5.92 Å². The van der Waals surface area contributed by atoms with E-state index < -0.39 is 12.0 Å². The Morgan fingerprint density at radius 2 is 2.00 bits per heavy atom. The van der Waals surface area contributed by atoms with Crippen LogP contribution in [0.5, 0.6) is 0 Å². The van der Waals surface area contributed by atoms with Crippen LogP contribution in [0.15, 0.2) is 0 Å². The Kier molecular flexibility index (Phi) is 5.67. The number of urea groups is 1. The van der Waals surface area contributed by atoms with Gasteiger partial charge in [0.1, 0.15) is 0 Å². The molecule has 0 aliphatic heterocycles. The lowest BCUT2D eigenvalue weighted by molar-refractivity contribution is -0.143. The topological polar surface area (TPSA) is 92.4 Å². The Hall–Kier alpha value is -1.26. The van der Waals surface area contributed by atoms with Crippen molar-refractivity contribution in [3.8, 4) is 0 Å². The molecule has 14 heavy (non-hydrogen) atoms. The quantitative estimate of drug-likeness (QED) is 0.556. The number of carboxylic acid groups (broad SMARTS) is 1. The molecule has 0 aliphatic rings. The van der Waals surface area contributed by atoms with Crippen LogP contribution in [0.3, 0.4) is 0 Å². The fourth-order valence-corrected chi connectivity index (χ4v) is 1.28. The highest BCUT2D eigenvalue weighted by Crippen LogP contribution is 2.16. The van der Waals surface area contributed by atoms with Crippen molar-refractivity contribution in [3.63, 3.8) is 0 Å². The van der Waals surface area contributed by atoms with Gasteiger partial charge in [-0.3, -0.25) is 4.79 Å². The largest absolute Gasteiger partial charge is 0.481 e. The van der Waals surface area contributed by atoms with E-state index in [1.165, 1.54) is 0 Å². The monoisotopic (exact) mass is 202 g/mol. The molecule has 0 radical (unpaired) electrons. The summed E-state index contributed by atoms with van der Waals surface area (Å²) in [6.45, 7) is 4.19. The van der Waals surface area contributed by atoms with E-state index in [2.05, 4.69) is 5.32 Å². The maximum absolute atomic E-state index is 10.8. The Bertz CT molecular complexity index is 204. The van der Waals surface area contributed by atoms with Crippen molar-refractivity contribution in [2.75, 3.05) is 6.54 Å². The molecule has 0 bridgehead atoms. The first-order valence-corrected chi connectivity index (χ1v) is 4.71. The SMILES string of the molecule is CC(C)C(CCCNC(N)=O)C(=O)O. The van der Waals surface area contributed by atoms with Gasteiger partial charge in [0.2, 0.25) is 0 Å². The Balaban J connectivity index is 3.73. The Labute approximate surface area is 83.7 Å². The number of carboxylic acids is 1. The highest BCUT2D eigenvalue weighted by molar-refractivity contribution is 5.71. The van der Waals surface area contributed by atoms with Crippen molar-refractivity contribution < 1.29 is 14.7 Å². The third-order valence-electron chi connectivity index (χ3n) is 2.11. The van der Waals surface area contributed by atoms with Crippen molar-refractivity contribution in [1.82, 2.24) is 5.32 Å². The number of nitrogens with two attached hydrogens (primary N) is 1. The molecular weight excluding hydrogens is 184 g/mol. The molecule has 0 fully saturated rings. The summed E-state index contributed by atoms with van der Waals surface area (Å²) >= 11 is 0. The summed E-state index contributed by atoms with van der Waals surface area (Å²) in [6, 6.07) is -0.568. The summed E-state index contributed by atoms with van der Waals surface area (Å²) in [5, 5.41) is 11.3. The van der Waals surface area contributed by atoms with Crippen LogP contribution in [0.1, 0.15) is 26.7 Å². The smallest absolute Gasteiger partial charge is 0.312 e. The van der Waals surface area contributed by atoms with Crippen molar-refractivity contribution in [3.05, 3.63) is 0 Å². The second-order valence-electron chi connectivity index (χ2n) is 3.62. The van der Waals surface area contributed by atoms with E-state index >= 15 is 0 Å². The molecule has 0 saturated carbocycles. The third kappa shape index (κ3) is 5.40. The van der Waals surface area contributed by atoms with Gasteiger partial charge in [0.25, 0.3) is 0 Å². The third-order valence-corrected chi connectivity index (χ3v) is 2.11. The molecule has 2 amide bonds. The van der Waals surface area contributed by atoms with Crippen LogP contribution in [0.2, 0.25) is 0 Å². The summed E-state index contributed by atoms with van der Waals surface area (Å²) in [4.78, 5) is 21.1. The number of hydrogen-bond acceptors (Lipinski definition) is 2. The minimum Gasteiger partial charge on any atom is -0.481 e. The van der Waals surface area contributed by atoms with E-state index in [0.29, 0.717) is 19.4 Å². The van der Waals surface area contributed by atoms with Crippen molar-refractivity contribution >= 4 is 12.0 Å². The summed E-state index contributed by atoms with van der Waals surface area (Å²) in [5.41, 5.74) is 4.86. The number of carbonyl (C=O) groups excluding carboxylic acids is 1. The second-order valence-corrected chi connectivity index (χ2v) is 3.62. The molecule has 5 nitrogen and oxygen atoms in total. The second kappa shape index (κ2) is 6.23. The van der Waals surface area contributed by atoms with Crippen LogP contribution in [0.25, 0.3) is 0 Å². The highest BCUT2D eigenvalue weighted by atomic mass is 16.4. The van der Waals surface area contributed by atoms with Gasteiger partial charge in [-0.1, -0.05) is 13.8 Å². The molecule has 0 aliphatic carbocycles. The van der Waals surface area contributed by atoms with Crippen LogP contribution >= 0.6 is 0 Å². The average molecular weight is 202 g/mol. The summed E-state index contributed by atoms with van der Waals surface area (Å²) in [7, 11) is 0. The van der Waals surface area contributed by atoms with Gasteiger partial charge in [-0.05, 0) is 18.8 Å². The van der Waals surface area contributed by atoms with E-state index in [-0.39, 0.29) is 11.8 Å². The lowest BCUT2D eigenvalue weighted by atomic mass is 9.91. The van der Waals surface area contributed by atoms with E-state index in [4.69, 9.17) is 10.8 Å². The van der Waals surface area contributed by atoms with Gasteiger partial charge in [0, 0.05) is 6.54 Å². The van der Waals surface area contributed by atoms with E-state index in [9.17, 15) is 9.59 Å². The number of carbonyl (C=O) groups is 2. The number of amides is 2. The van der Waals surface area contributed by atoms with Crippen LogP contribution in [0.4, 0.5) is 4.79 Å². The highest BCUT2D eigenvalue weighted by Gasteiger charge is 2.20. The molecule has 5 heteroatoms. The van der Waals surface area contributed by atoms with E-state index in [1.807, 2.05) is 13.8 Å². The van der Waals surface area contributed by atoms with Crippen molar-refractivity contribution in [1.29, 1.82) is 0 Å². The van der Waals surface area contributed by atoms with Crippen LogP contribution in [0, 0.1) is 11.8 Å². The van der Waals surface area contributed by atoms with Gasteiger partial charge in [0.15, 0.2) is 0 Å². The predicted molar refractivity (Wildman–Crippen MR) is 52.8 cm³/mol. The summed E-state index contributed by atoms with van der Waals surface area (Å²) in [6.07, 6.45) is 1.20. The standard InChI is InChI=1S/C9H18N2O3/c1-6(2)7(8(12)13)4-3-5-11-9(10)14/h6-7H,3-5H2,1-2H3,(H,12,13)(H3,10,11,14). The fourth-order valence-electron chi connectivity index (χ4n) is 1.28. The molecular formula is C9H18N2O3. The Morgan fingerprint density at radius 3 is 2.36 bits per heavy atom. The van der Waals surface area contributed by atoms with Gasteiger partial charge in [-0.25, -0.2) is 4.79 Å². The summed E-state index contributed by atoms with van der Waals surface area (Å²) < 4.78 is 0. The number of aliphatic carboxylic acids is 1. The molecule has 4 N–H and O–H groups in total. The van der Waals surface area contributed by atoms with Gasteiger partial charge >= 0.3 is 12.0 Å². The molecule has 1 unspecified atom stereocenters. The molecule has 0 aromatic carbocycles. The lowest BCUT2D eigenvalue weighted by Gasteiger charge is -2.15. The molecule has 0 aromatic rings. The van der Waals surface area contributed by atoms with Crippen LogP contribution in [-0.4, -0.2) is 23.7 Å². The molecule has 0 rings (SSSR count). The zero-order valence-electron chi connectivity index (χ0n) is 8.62. The normalized spacial score (nSPS) is 12.5. The maximum atomic E-state index is 10.8. The van der Waals surface area contributed by atoms with E-state index in [0.717, 1.165) is 0 Å². The average Bonchev–Trinajstić information content (AvgIpc) is 2.01. The molecule has 0 saturated heterocycles. The lowest BCUT2D eigenvalue weighted by Crippen LogP contribution is -2.31. The number of nitrogens with one attached hydrogen (secondary N) is 1. The first-order chi connectivity index (χ1) is 6.45. The Morgan fingerprint density at radius 1 is 1.43 bits per heavy atom. The molecule has 0 aromatic heterocycles. The number of hydrogen-bond donors (Lipinski definition) is 3. The molecule has 0 heterocycles. The number of rotatable bonds is 6. The predicted octanol–water partition coefficient (Wildman–Crippen LogP) is 0.792. The minimum atomic E-state index is -0.779. The zero-order valence-corrected chi connectivity index (χ0v) is 8.62. The van der Waals surface area contributed by atoms with Crippen LogP contribution < -0.4 is 11.1 Å². The van der Waals surface area contributed by atoms with Crippen LogP contribution in [-0.2, 0) is 4.79 Å². The minimum absolute atomic E-state index is 0.112. The zero-order chi connectivity index (χ0) is 11.1. The van der Waals surface area contributed by atoms with E-state index in [1.54, 1.807) is 0 Å².